The number of rotatable bonds is 1. The van der Waals surface area contributed by atoms with E-state index >= 15 is 0 Å². The molecule has 0 radical (unpaired) electrons. The largest absolute Gasteiger partial charge is 0.324 e. The van der Waals surface area contributed by atoms with E-state index in [9.17, 15) is 4.39 Å². The molecule has 1 aliphatic carbocycles. The molecule has 0 aliphatic heterocycles. The molecule has 1 atom stereocenters. The Labute approximate surface area is 106 Å². The highest BCUT2D eigenvalue weighted by Gasteiger charge is 2.22. The molecule has 92 valence electrons. The van der Waals surface area contributed by atoms with Gasteiger partial charge < -0.3 is 5.73 Å². The number of benzene rings is 2. The molecule has 0 saturated carbocycles. The molecule has 0 fully saturated rings. The van der Waals surface area contributed by atoms with Crippen molar-refractivity contribution in [2.45, 2.75) is 25.8 Å². The minimum atomic E-state index is -0.185. The van der Waals surface area contributed by atoms with Crippen LogP contribution in [0, 0.1) is 12.7 Å². The lowest BCUT2D eigenvalue weighted by molar-refractivity contribution is 0.628. The van der Waals surface area contributed by atoms with E-state index in [1.165, 1.54) is 17.2 Å². The Morgan fingerprint density at radius 2 is 2.00 bits per heavy atom. The lowest BCUT2D eigenvalue weighted by Gasteiger charge is -2.12. The Kier molecular flexibility index (Phi) is 2.67. The standard InChI is InChI=1S/C16H16FN/c1-10-5-6-11(17)9-15(10)12-3-2-4-14-13(12)7-8-16(14)18/h2-6,9,16H,7-8,18H2,1H3. The second-order valence-corrected chi connectivity index (χ2v) is 4.98. The van der Waals surface area contributed by atoms with Gasteiger partial charge in [0.1, 0.15) is 5.82 Å². The summed E-state index contributed by atoms with van der Waals surface area (Å²) in [5, 5.41) is 0. The molecule has 0 aromatic heterocycles. The van der Waals surface area contributed by atoms with Gasteiger partial charge in [-0.05, 0) is 59.7 Å². The monoisotopic (exact) mass is 241 g/mol. The third kappa shape index (κ3) is 1.73. The number of hydrogen-bond donors (Lipinski definition) is 1. The first kappa shape index (κ1) is 11.4. The molecule has 1 unspecified atom stereocenters. The van der Waals surface area contributed by atoms with Crippen LogP contribution in [0.25, 0.3) is 11.1 Å². The van der Waals surface area contributed by atoms with E-state index in [1.54, 1.807) is 6.07 Å². The topological polar surface area (TPSA) is 26.0 Å². The fourth-order valence-corrected chi connectivity index (χ4v) is 2.82. The number of nitrogens with two attached hydrogens (primary N) is 1. The summed E-state index contributed by atoms with van der Waals surface area (Å²) in [6.45, 7) is 2.02. The molecule has 1 nitrogen and oxygen atoms in total. The number of aryl methyl sites for hydroxylation is 1. The van der Waals surface area contributed by atoms with Crippen molar-refractivity contribution in [2.24, 2.45) is 5.73 Å². The van der Waals surface area contributed by atoms with Gasteiger partial charge in [0.25, 0.3) is 0 Å². The van der Waals surface area contributed by atoms with Crippen molar-refractivity contribution in [1.29, 1.82) is 0 Å². The van der Waals surface area contributed by atoms with Gasteiger partial charge in [-0.1, -0.05) is 24.3 Å². The first-order valence-corrected chi connectivity index (χ1v) is 6.30. The molecule has 18 heavy (non-hydrogen) atoms. The first-order chi connectivity index (χ1) is 8.66. The summed E-state index contributed by atoms with van der Waals surface area (Å²) in [5.74, 6) is -0.185. The lowest BCUT2D eigenvalue weighted by atomic mass is 9.93. The normalized spacial score (nSPS) is 17.8. The van der Waals surface area contributed by atoms with Crippen molar-refractivity contribution in [3.05, 3.63) is 58.9 Å². The van der Waals surface area contributed by atoms with Gasteiger partial charge in [-0.15, -0.1) is 0 Å². The third-order valence-corrected chi connectivity index (χ3v) is 3.81. The van der Waals surface area contributed by atoms with Crippen LogP contribution in [0.2, 0.25) is 0 Å². The molecule has 0 amide bonds. The molecule has 1 aliphatic rings. The second kappa shape index (κ2) is 4.21. The summed E-state index contributed by atoms with van der Waals surface area (Å²) in [6, 6.07) is 11.3. The minimum Gasteiger partial charge on any atom is -0.324 e. The summed E-state index contributed by atoms with van der Waals surface area (Å²) in [4.78, 5) is 0. The maximum Gasteiger partial charge on any atom is 0.123 e. The van der Waals surface area contributed by atoms with Crippen molar-refractivity contribution < 1.29 is 4.39 Å². The zero-order valence-corrected chi connectivity index (χ0v) is 10.4. The molecule has 0 bridgehead atoms. The van der Waals surface area contributed by atoms with Gasteiger partial charge in [0.15, 0.2) is 0 Å². The van der Waals surface area contributed by atoms with Crippen molar-refractivity contribution in [3.8, 4) is 11.1 Å². The summed E-state index contributed by atoms with van der Waals surface area (Å²) in [7, 11) is 0. The van der Waals surface area contributed by atoms with Crippen LogP contribution in [-0.4, -0.2) is 0 Å². The number of halogens is 1. The molecule has 3 rings (SSSR count). The SMILES string of the molecule is Cc1ccc(F)cc1-c1cccc2c1CCC2N. The zero-order valence-electron chi connectivity index (χ0n) is 10.4. The van der Waals surface area contributed by atoms with Crippen LogP contribution in [0.5, 0.6) is 0 Å². The van der Waals surface area contributed by atoms with Crippen LogP contribution in [0.3, 0.4) is 0 Å². The Hall–Kier alpha value is -1.67. The predicted octanol–water partition coefficient (Wildman–Crippen LogP) is 3.75. The smallest absolute Gasteiger partial charge is 0.123 e. The van der Waals surface area contributed by atoms with Gasteiger partial charge in [0, 0.05) is 6.04 Å². The zero-order chi connectivity index (χ0) is 12.7. The van der Waals surface area contributed by atoms with Crippen LogP contribution in [0.15, 0.2) is 36.4 Å². The quantitative estimate of drug-likeness (QED) is 0.808. The van der Waals surface area contributed by atoms with Crippen molar-refractivity contribution in [2.75, 3.05) is 0 Å². The van der Waals surface area contributed by atoms with E-state index in [1.807, 2.05) is 19.1 Å². The van der Waals surface area contributed by atoms with Crippen LogP contribution in [0.1, 0.15) is 29.2 Å². The molecule has 0 spiro atoms. The Balaban J connectivity index is 2.21. The number of hydrogen-bond acceptors (Lipinski definition) is 1. The Morgan fingerprint density at radius 3 is 2.83 bits per heavy atom. The second-order valence-electron chi connectivity index (χ2n) is 4.98. The fraction of sp³-hybridized carbons (Fsp3) is 0.250. The highest BCUT2D eigenvalue weighted by Crippen LogP contribution is 2.37. The highest BCUT2D eigenvalue weighted by molar-refractivity contribution is 5.72. The van der Waals surface area contributed by atoms with Crippen molar-refractivity contribution in [3.63, 3.8) is 0 Å². The molecule has 0 saturated heterocycles. The van der Waals surface area contributed by atoms with Gasteiger partial charge in [0.2, 0.25) is 0 Å². The molecular weight excluding hydrogens is 225 g/mol. The summed E-state index contributed by atoms with van der Waals surface area (Å²) < 4.78 is 13.4. The first-order valence-electron chi connectivity index (χ1n) is 6.30. The number of fused-ring (bicyclic) bond motifs is 1. The lowest BCUT2D eigenvalue weighted by Crippen LogP contribution is -2.05. The van der Waals surface area contributed by atoms with Crippen LogP contribution < -0.4 is 5.73 Å². The van der Waals surface area contributed by atoms with E-state index < -0.39 is 0 Å². The average molecular weight is 241 g/mol. The van der Waals surface area contributed by atoms with E-state index in [0.717, 1.165) is 29.5 Å². The van der Waals surface area contributed by atoms with E-state index in [4.69, 9.17) is 5.73 Å². The van der Waals surface area contributed by atoms with Crippen LogP contribution in [0.4, 0.5) is 4.39 Å². The fourth-order valence-electron chi connectivity index (χ4n) is 2.82. The Morgan fingerprint density at radius 1 is 1.17 bits per heavy atom. The van der Waals surface area contributed by atoms with Gasteiger partial charge in [0.05, 0.1) is 0 Å². The van der Waals surface area contributed by atoms with Gasteiger partial charge in [-0.25, -0.2) is 4.39 Å². The maximum atomic E-state index is 13.4. The van der Waals surface area contributed by atoms with Crippen LogP contribution >= 0.6 is 0 Å². The molecule has 2 N–H and O–H groups in total. The Bertz CT molecular complexity index is 604. The maximum absolute atomic E-state index is 13.4. The highest BCUT2D eigenvalue weighted by atomic mass is 19.1. The van der Waals surface area contributed by atoms with Gasteiger partial charge in [-0.2, -0.15) is 0 Å². The van der Waals surface area contributed by atoms with E-state index in [0.29, 0.717) is 0 Å². The predicted molar refractivity (Wildman–Crippen MR) is 71.8 cm³/mol. The summed E-state index contributed by atoms with van der Waals surface area (Å²) >= 11 is 0. The summed E-state index contributed by atoms with van der Waals surface area (Å²) in [5.41, 5.74) is 11.8. The van der Waals surface area contributed by atoms with Gasteiger partial charge in [-0.3, -0.25) is 0 Å². The van der Waals surface area contributed by atoms with Crippen molar-refractivity contribution >= 4 is 0 Å². The summed E-state index contributed by atoms with van der Waals surface area (Å²) in [6.07, 6.45) is 1.98. The van der Waals surface area contributed by atoms with Gasteiger partial charge >= 0.3 is 0 Å². The van der Waals surface area contributed by atoms with E-state index in [-0.39, 0.29) is 11.9 Å². The minimum absolute atomic E-state index is 0.133. The molecule has 2 heteroatoms. The average Bonchev–Trinajstić information content (AvgIpc) is 2.75. The molecule has 2 aromatic rings. The molecule has 2 aromatic carbocycles. The third-order valence-electron chi connectivity index (χ3n) is 3.81. The molecule has 0 heterocycles. The van der Waals surface area contributed by atoms with E-state index in [2.05, 4.69) is 12.1 Å². The van der Waals surface area contributed by atoms with Crippen LogP contribution in [-0.2, 0) is 6.42 Å². The molecular formula is C16H16FN. The van der Waals surface area contributed by atoms with Crippen molar-refractivity contribution in [1.82, 2.24) is 0 Å².